The van der Waals surface area contributed by atoms with Crippen molar-refractivity contribution in [3.8, 4) is 5.75 Å². The van der Waals surface area contributed by atoms with Gasteiger partial charge in [0.1, 0.15) is 11.8 Å². The van der Waals surface area contributed by atoms with Gasteiger partial charge in [-0.3, -0.25) is 9.59 Å². The van der Waals surface area contributed by atoms with Crippen LogP contribution in [0.2, 0.25) is 0 Å². The van der Waals surface area contributed by atoms with Crippen LogP contribution in [0.25, 0.3) is 0 Å². The predicted octanol–water partition coefficient (Wildman–Crippen LogP) is 0.988. The van der Waals surface area contributed by atoms with E-state index in [9.17, 15) is 9.59 Å². The number of carboxylic acid groups (broad SMARTS) is 1. The zero-order valence-electron chi connectivity index (χ0n) is 9.77. The summed E-state index contributed by atoms with van der Waals surface area (Å²) >= 11 is 0. The van der Waals surface area contributed by atoms with Gasteiger partial charge >= 0.3 is 5.97 Å². The van der Waals surface area contributed by atoms with Gasteiger partial charge in [-0.2, -0.15) is 0 Å². The maximum Gasteiger partial charge on any atom is 0.320 e. The lowest BCUT2D eigenvalue weighted by Crippen LogP contribution is -2.32. The van der Waals surface area contributed by atoms with Gasteiger partial charge in [-0.15, -0.1) is 0 Å². The summed E-state index contributed by atoms with van der Waals surface area (Å²) in [5.41, 5.74) is 6.63. The van der Waals surface area contributed by atoms with E-state index in [0.29, 0.717) is 11.3 Å². The van der Waals surface area contributed by atoms with Crippen molar-refractivity contribution in [1.29, 1.82) is 0 Å². The Morgan fingerprint density at radius 3 is 2.65 bits per heavy atom. The summed E-state index contributed by atoms with van der Waals surface area (Å²) in [4.78, 5) is 22.4. The Bertz CT molecular complexity index is 442. The van der Waals surface area contributed by atoms with Crippen molar-refractivity contribution in [2.24, 2.45) is 5.73 Å². The minimum Gasteiger partial charge on any atom is -0.496 e. The van der Waals surface area contributed by atoms with Crippen LogP contribution in [0.5, 0.6) is 5.75 Å². The van der Waals surface area contributed by atoms with Crippen molar-refractivity contribution in [2.45, 2.75) is 19.4 Å². The number of rotatable bonds is 5. The van der Waals surface area contributed by atoms with Crippen LogP contribution < -0.4 is 10.5 Å². The fraction of sp³-hybridized carbons (Fsp3) is 0.333. The molecule has 0 amide bonds. The molecule has 3 N–H and O–H groups in total. The third-order valence-corrected chi connectivity index (χ3v) is 2.38. The third kappa shape index (κ3) is 3.29. The molecule has 1 atom stereocenters. The predicted molar refractivity (Wildman–Crippen MR) is 62.3 cm³/mol. The van der Waals surface area contributed by atoms with Crippen LogP contribution in [0.15, 0.2) is 18.2 Å². The van der Waals surface area contributed by atoms with Gasteiger partial charge < -0.3 is 15.6 Å². The second-order valence-electron chi connectivity index (χ2n) is 3.78. The first-order valence-electron chi connectivity index (χ1n) is 5.12. The van der Waals surface area contributed by atoms with Crippen molar-refractivity contribution < 1.29 is 19.4 Å². The highest BCUT2D eigenvalue weighted by Crippen LogP contribution is 2.21. The molecule has 1 aromatic carbocycles. The first-order valence-corrected chi connectivity index (χ1v) is 5.12. The molecule has 0 heterocycles. The number of carbonyl (C=O) groups excluding carboxylic acids is 1. The van der Waals surface area contributed by atoms with E-state index in [-0.39, 0.29) is 12.2 Å². The zero-order chi connectivity index (χ0) is 13.0. The smallest absolute Gasteiger partial charge is 0.320 e. The lowest BCUT2D eigenvalue weighted by molar-refractivity contribution is -0.138. The highest BCUT2D eigenvalue weighted by molar-refractivity contribution is 6.00. The van der Waals surface area contributed by atoms with E-state index in [0.717, 1.165) is 5.56 Å². The number of Topliss-reactive ketones (excluding diaryl/α,β-unsaturated/α-hetero) is 1. The SMILES string of the molecule is COc1cc(C)ccc1C(=O)C[C@@H](N)C(=O)O. The Hall–Kier alpha value is -1.88. The molecule has 1 rings (SSSR count). The molecule has 0 fully saturated rings. The monoisotopic (exact) mass is 237 g/mol. The summed E-state index contributed by atoms with van der Waals surface area (Å²) in [6, 6.07) is 3.92. The molecule has 17 heavy (non-hydrogen) atoms. The summed E-state index contributed by atoms with van der Waals surface area (Å²) in [5.74, 6) is -1.09. The van der Waals surface area contributed by atoms with E-state index in [4.69, 9.17) is 15.6 Å². The Morgan fingerprint density at radius 2 is 2.12 bits per heavy atom. The number of aryl methyl sites for hydroxylation is 1. The molecule has 5 heteroatoms. The van der Waals surface area contributed by atoms with Crippen LogP contribution in [0.3, 0.4) is 0 Å². The number of hydrogen-bond acceptors (Lipinski definition) is 4. The topological polar surface area (TPSA) is 89.6 Å². The molecule has 1 aromatic rings. The molecule has 0 spiro atoms. The number of ketones is 1. The summed E-state index contributed by atoms with van der Waals surface area (Å²) in [6.45, 7) is 1.87. The van der Waals surface area contributed by atoms with Gasteiger partial charge in [0.05, 0.1) is 12.7 Å². The molecular formula is C12H15NO4. The van der Waals surface area contributed by atoms with Gasteiger partial charge in [-0.1, -0.05) is 6.07 Å². The van der Waals surface area contributed by atoms with Crippen molar-refractivity contribution in [3.63, 3.8) is 0 Å². The molecule has 0 aliphatic carbocycles. The molecular weight excluding hydrogens is 222 g/mol. The van der Waals surface area contributed by atoms with Gasteiger partial charge in [0.15, 0.2) is 5.78 Å². The number of carboxylic acids is 1. The average Bonchev–Trinajstić information content (AvgIpc) is 2.28. The molecule has 0 unspecified atom stereocenters. The van der Waals surface area contributed by atoms with Crippen LogP contribution in [-0.4, -0.2) is 30.0 Å². The lowest BCUT2D eigenvalue weighted by Gasteiger charge is -2.10. The standard InChI is InChI=1S/C12H15NO4/c1-7-3-4-8(11(5-7)17-2)10(14)6-9(13)12(15)16/h3-5,9H,6,13H2,1-2H3,(H,15,16)/t9-/m1/s1. The Labute approximate surface area is 99.2 Å². The Morgan fingerprint density at radius 1 is 1.47 bits per heavy atom. The van der Waals surface area contributed by atoms with Gasteiger partial charge in [0.2, 0.25) is 0 Å². The average molecular weight is 237 g/mol. The molecule has 0 radical (unpaired) electrons. The van der Waals surface area contributed by atoms with Crippen LogP contribution in [0.4, 0.5) is 0 Å². The van der Waals surface area contributed by atoms with E-state index < -0.39 is 12.0 Å². The zero-order valence-corrected chi connectivity index (χ0v) is 9.77. The highest BCUT2D eigenvalue weighted by Gasteiger charge is 2.19. The van der Waals surface area contributed by atoms with E-state index >= 15 is 0 Å². The highest BCUT2D eigenvalue weighted by atomic mass is 16.5. The van der Waals surface area contributed by atoms with Crippen molar-refractivity contribution in [2.75, 3.05) is 7.11 Å². The minimum atomic E-state index is -1.19. The van der Waals surface area contributed by atoms with Gasteiger partial charge in [0.25, 0.3) is 0 Å². The second-order valence-corrected chi connectivity index (χ2v) is 3.78. The molecule has 92 valence electrons. The van der Waals surface area contributed by atoms with Crippen LogP contribution in [-0.2, 0) is 4.79 Å². The summed E-state index contributed by atoms with van der Waals surface area (Å²) in [5, 5.41) is 8.64. The number of methoxy groups -OCH3 is 1. The maximum atomic E-state index is 11.8. The number of aliphatic carboxylic acids is 1. The number of nitrogens with two attached hydrogens (primary N) is 1. The number of benzene rings is 1. The van der Waals surface area contributed by atoms with E-state index in [2.05, 4.69) is 0 Å². The molecule has 0 bridgehead atoms. The lowest BCUT2D eigenvalue weighted by atomic mass is 10.0. The Kier molecular flexibility index (Phi) is 4.23. The molecule has 0 saturated carbocycles. The second kappa shape index (κ2) is 5.45. The summed E-state index contributed by atoms with van der Waals surface area (Å²) < 4.78 is 5.08. The molecule has 0 aliphatic rings. The van der Waals surface area contributed by atoms with Gasteiger partial charge in [-0.05, 0) is 24.6 Å². The van der Waals surface area contributed by atoms with Crippen molar-refractivity contribution in [3.05, 3.63) is 29.3 Å². The van der Waals surface area contributed by atoms with E-state index in [1.165, 1.54) is 7.11 Å². The maximum absolute atomic E-state index is 11.8. The first kappa shape index (κ1) is 13.2. The van der Waals surface area contributed by atoms with Gasteiger partial charge in [-0.25, -0.2) is 0 Å². The van der Waals surface area contributed by atoms with E-state index in [1.54, 1.807) is 18.2 Å². The normalized spacial score (nSPS) is 11.9. The van der Waals surface area contributed by atoms with Crippen LogP contribution in [0.1, 0.15) is 22.3 Å². The summed E-state index contributed by atoms with van der Waals surface area (Å²) in [7, 11) is 1.46. The molecule has 0 aromatic heterocycles. The van der Waals surface area contributed by atoms with Gasteiger partial charge in [0, 0.05) is 6.42 Å². The fourth-order valence-corrected chi connectivity index (χ4v) is 1.43. The first-order chi connectivity index (χ1) is 7.95. The Balaban J connectivity index is 2.92. The third-order valence-electron chi connectivity index (χ3n) is 2.38. The molecule has 0 aliphatic heterocycles. The fourth-order valence-electron chi connectivity index (χ4n) is 1.43. The van der Waals surface area contributed by atoms with Crippen molar-refractivity contribution >= 4 is 11.8 Å². The molecule has 5 nitrogen and oxygen atoms in total. The number of ether oxygens (including phenoxy) is 1. The largest absolute Gasteiger partial charge is 0.496 e. The van der Waals surface area contributed by atoms with Crippen LogP contribution >= 0.6 is 0 Å². The van der Waals surface area contributed by atoms with Crippen LogP contribution in [0, 0.1) is 6.92 Å². The number of hydrogen-bond donors (Lipinski definition) is 2. The summed E-state index contributed by atoms with van der Waals surface area (Å²) in [6.07, 6.45) is -0.241. The number of carbonyl (C=O) groups is 2. The minimum absolute atomic E-state index is 0.241. The quantitative estimate of drug-likeness (QED) is 0.745. The molecule has 0 saturated heterocycles. The van der Waals surface area contributed by atoms with Crippen molar-refractivity contribution in [1.82, 2.24) is 0 Å². The van der Waals surface area contributed by atoms with E-state index in [1.807, 2.05) is 6.92 Å².